The summed E-state index contributed by atoms with van der Waals surface area (Å²) in [6.07, 6.45) is 2.42. The lowest BCUT2D eigenvalue weighted by atomic mass is 10.2. The highest BCUT2D eigenvalue weighted by Gasteiger charge is 2.01. The standard InChI is InChI=1S/C10H10N2O4/c11-10(13)16-7-1-2-8-3-5-9(6-4-8)12(14)15/h1-6H,7H2,(H2,11,13). The topological polar surface area (TPSA) is 95.5 Å². The summed E-state index contributed by atoms with van der Waals surface area (Å²) in [6.45, 7) is 0.0757. The van der Waals surface area contributed by atoms with E-state index in [9.17, 15) is 14.9 Å². The Balaban J connectivity index is 2.55. The Hall–Kier alpha value is -2.37. The summed E-state index contributed by atoms with van der Waals surface area (Å²) in [6, 6.07) is 5.99. The molecule has 0 spiro atoms. The first-order chi connectivity index (χ1) is 7.59. The molecule has 0 aliphatic heterocycles. The van der Waals surface area contributed by atoms with Gasteiger partial charge in [-0.15, -0.1) is 0 Å². The van der Waals surface area contributed by atoms with Crippen molar-refractivity contribution in [3.63, 3.8) is 0 Å². The fraction of sp³-hybridized carbons (Fsp3) is 0.100. The van der Waals surface area contributed by atoms with Crippen LogP contribution in [0, 0.1) is 10.1 Å². The number of hydrogen-bond acceptors (Lipinski definition) is 4. The van der Waals surface area contributed by atoms with Gasteiger partial charge in [-0.3, -0.25) is 10.1 Å². The SMILES string of the molecule is NC(=O)OCC=Cc1ccc([N+](=O)[O-])cc1. The zero-order valence-corrected chi connectivity index (χ0v) is 8.33. The third kappa shape index (κ3) is 3.79. The van der Waals surface area contributed by atoms with Crippen molar-refractivity contribution in [3.8, 4) is 0 Å². The van der Waals surface area contributed by atoms with E-state index in [0.717, 1.165) is 5.56 Å². The molecule has 0 aliphatic rings. The van der Waals surface area contributed by atoms with Gasteiger partial charge in [0.05, 0.1) is 4.92 Å². The number of nitro benzene ring substituents is 1. The number of primary amides is 1. The Morgan fingerprint density at radius 1 is 1.44 bits per heavy atom. The van der Waals surface area contributed by atoms with E-state index in [1.165, 1.54) is 12.1 Å². The van der Waals surface area contributed by atoms with Crippen molar-refractivity contribution in [2.75, 3.05) is 6.61 Å². The second-order valence-electron chi connectivity index (χ2n) is 2.88. The second-order valence-corrected chi connectivity index (χ2v) is 2.88. The van der Waals surface area contributed by atoms with Crippen molar-refractivity contribution in [2.45, 2.75) is 0 Å². The van der Waals surface area contributed by atoms with Gasteiger partial charge in [0.2, 0.25) is 0 Å². The Morgan fingerprint density at radius 2 is 2.06 bits per heavy atom. The number of carbonyl (C=O) groups is 1. The lowest BCUT2D eigenvalue weighted by Gasteiger charge is -1.95. The molecule has 0 aliphatic carbocycles. The first-order valence-electron chi connectivity index (χ1n) is 4.43. The Kier molecular flexibility index (Phi) is 4.02. The average Bonchev–Trinajstić information content (AvgIpc) is 2.25. The maximum atomic E-state index is 10.4. The smallest absolute Gasteiger partial charge is 0.404 e. The van der Waals surface area contributed by atoms with Crippen molar-refractivity contribution in [2.24, 2.45) is 5.73 Å². The van der Waals surface area contributed by atoms with Crippen LogP contribution in [0.3, 0.4) is 0 Å². The zero-order valence-electron chi connectivity index (χ0n) is 8.33. The molecule has 0 saturated carbocycles. The van der Waals surface area contributed by atoms with Crippen molar-refractivity contribution in [1.82, 2.24) is 0 Å². The molecule has 0 saturated heterocycles. The van der Waals surface area contributed by atoms with E-state index in [2.05, 4.69) is 4.74 Å². The minimum absolute atomic E-state index is 0.0329. The van der Waals surface area contributed by atoms with Crippen LogP contribution in [0.5, 0.6) is 0 Å². The van der Waals surface area contributed by atoms with Crippen molar-refractivity contribution >= 4 is 17.9 Å². The maximum absolute atomic E-state index is 10.4. The van der Waals surface area contributed by atoms with Crippen LogP contribution in [0.25, 0.3) is 6.08 Å². The molecule has 84 valence electrons. The fourth-order valence-corrected chi connectivity index (χ4v) is 1.02. The summed E-state index contributed by atoms with van der Waals surface area (Å²) in [5.41, 5.74) is 5.56. The first kappa shape index (κ1) is 11.7. The lowest BCUT2D eigenvalue weighted by molar-refractivity contribution is -0.384. The van der Waals surface area contributed by atoms with Gasteiger partial charge in [0.25, 0.3) is 5.69 Å². The summed E-state index contributed by atoms with van der Waals surface area (Å²) in [7, 11) is 0. The van der Waals surface area contributed by atoms with Crippen LogP contribution in [0.4, 0.5) is 10.5 Å². The molecular formula is C10H10N2O4. The third-order valence-electron chi connectivity index (χ3n) is 1.74. The van der Waals surface area contributed by atoms with Crippen LogP contribution in [0.1, 0.15) is 5.56 Å². The molecule has 1 aromatic rings. The summed E-state index contributed by atoms with van der Waals surface area (Å²) in [4.78, 5) is 20.1. The predicted molar refractivity (Wildman–Crippen MR) is 57.7 cm³/mol. The molecule has 1 rings (SSSR count). The molecular weight excluding hydrogens is 212 g/mol. The zero-order chi connectivity index (χ0) is 12.0. The number of nitrogens with zero attached hydrogens (tertiary/aromatic N) is 1. The summed E-state index contributed by atoms with van der Waals surface area (Å²) >= 11 is 0. The van der Waals surface area contributed by atoms with Gasteiger partial charge in [0.1, 0.15) is 6.61 Å². The van der Waals surface area contributed by atoms with Crippen LogP contribution in [-0.2, 0) is 4.74 Å². The molecule has 2 N–H and O–H groups in total. The molecule has 0 fully saturated rings. The number of carbonyl (C=O) groups excluding carboxylic acids is 1. The number of nitro groups is 1. The van der Waals surface area contributed by atoms with E-state index in [1.807, 2.05) is 0 Å². The van der Waals surface area contributed by atoms with Gasteiger partial charge in [-0.1, -0.05) is 6.08 Å². The normalized spacial score (nSPS) is 10.2. The number of nitrogens with two attached hydrogens (primary N) is 1. The van der Waals surface area contributed by atoms with E-state index in [0.29, 0.717) is 0 Å². The van der Waals surface area contributed by atoms with E-state index in [-0.39, 0.29) is 12.3 Å². The van der Waals surface area contributed by atoms with Gasteiger partial charge in [0, 0.05) is 12.1 Å². The van der Waals surface area contributed by atoms with Crippen molar-refractivity contribution in [1.29, 1.82) is 0 Å². The second kappa shape index (κ2) is 5.50. The molecule has 6 heteroatoms. The first-order valence-corrected chi connectivity index (χ1v) is 4.43. The number of hydrogen-bond donors (Lipinski definition) is 1. The maximum Gasteiger partial charge on any atom is 0.404 e. The van der Waals surface area contributed by atoms with Gasteiger partial charge in [0.15, 0.2) is 0 Å². The monoisotopic (exact) mass is 222 g/mol. The van der Waals surface area contributed by atoms with Gasteiger partial charge in [-0.05, 0) is 23.8 Å². The van der Waals surface area contributed by atoms with Crippen LogP contribution < -0.4 is 5.73 Å². The Labute approximate surface area is 91.5 Å². The van der Waals surface area contributed by atoms with Gasteiger partial charge in [-0.2, -0.15) is 0 Å². The molecule has 1 amide bonds. The van der Waals surface area contributed by atoms with Crippen LogP contribution in [0.2, 0.25) is 0 Å². The molecule has 0 unspecified atom stereocenters. The molecule has 0 atom stereocenters. The van der Waals surface area contributed by atoms with Crippen molar-refractivity contribution < 1.29 is 14.5 Å². The van der Waals surface area contributed by atoms with E-state index in [4.69, 9.17) is 5.73 Å². The van der Waals surface area contributed by atoms with Crippen LogP contribution in [0.15, 0.2) is 30.3 Å². The lowest BCUT2D eigenvalue weighted by Crippen LogP contribution is -2.12. The van der Waals surface area contributed by atoms with Crippen LogP contribution >= 0.6 is 0 Å². The third-order valence-corrected chi connectivity index (χ3v) is 1.74. The van der Waals surface area contributed by atoms with Crippen LogP contribution in [-0.4, -0.2) is 17.6 Å². The molecule has 0 heterocycles. The Morgan fingerprint density at radius 3 is 2.56 bits per heavy atom. The number of ether oxygens (including phenoxy) is 1. The minimum atomic E-state index is -0.839. The van der Waals surface area contributed by atoms with Gasteiger partial charge in [-0.25, -0.2) is 4.79 Å². The van der Waals surface area contributed by atoms with E-state index >= 15 is 0 Å². The number of rotatable bonds is 4. The quantitative estimate of drug-likeness (QED) is 0.619. The van der Waals surface area contributed by atoms with Crippen molar-refractivity contribution in [3.05, 3.63) is 46.0 Å². The van der Waals surface area contributed by atoms with Gasteiger partial charge < -0.3 is 10.5 Å². The Bertz CT molecular complexity index is 411. The average molecular weight is 222 g/mol. The van der Waals surface area contributed by atoms with Gasteiger partial charge >= 0.3 is 6.09 Å². The summed E-state index contributed by atoms with van der Waals surface area (Å²) < 4.78 is 4.47. The highest BCUT2D eigenvalue weighted by molar-refractivity contribution is 5.64. The molecule has 6 nitrogen and oxygen atoms in total. The highest BCUT2D eigenvalue weighted by atomic mass is 16.6. The minimum Gasteiger partial charge on any atom is -0.445 e. The molecule has 0 bridgehead atoms. The summed E-state index contributed by atoms with van der Waals surface area (Å²) in [5.74, 6) is 0. The number of amides is 1. The fourth-order valence-electron chi connectivity index (χ4n) is 1.02. The number of non-ortho nitro benzene ring substituents is 1. The molecule has 1 aromatic carbocycles. The predicted octanol–water partition coefficient (Wildman–Crippen LogP) is 1.70. The molecule has 16 heavy (non-hydrogen) atoms. The number of benzene rings is 1. The highest BCUT2D eigenvalue weighted by Crippen LogP contribution is 2.12. The largest absolute Gasteiger partial charge is 0.445 e. The van der Waals surface area contributed by atoms with E-state index < -0.39 is 11.0 Å². The van der Waals surface area contributed by atoms with E-state index in [1.54, 1.807) is 24.3 Å². The summed E-state index contributed by atoms with van der Waals surface area (Å²) in [5, 5.41) is 10.4. The molecule has 0 aromatic heterocycles. The molecule has 0 radical (unpaired) electrons.